The maximum Gasteiger partial charge on any atom is 0.0995 e. The van der Waals surface area contributed by atoms with Crippen molar-refractivity contribution in [3.63, 3.8) is 0 Å². The molecule has 18 heavy (non-hydrogen) atoms. The first-order valence-corrected chi connectivity index (χ1v) is 6.81. The van der Waals surface area contributed by atoms with E-state index in [0.717, 1.165) is 24.2 Å². The monoisotopic (exact) mass is 243 g/mol. The Balaban J connectivity index is 1.64. The lowest BCUT2D eigenvalue weighted by atomic mass is 10.1. The van der Waals surface area contributed by atoms with Crippen molar-refractivity contribution in [2.45, 2.75) is 25.8 Å². The summed E-state index contributed by atoms with van der Waals surface area (Å²) < 4.78 is 0. The Morgan fingerprint density at radius 2 is 2.00 bits per heavy atom. The van der Waals surface area contributed by atoms with E-state index in [1.807, 2.05) is 24.3 Å². The number of hydrogen-bond acceptors (Lipinski definition) is 3. The molecule has 1 saturated heterocycles. The molecule has 1 aromatic carbocycles. The first-order chi connectivity index (χ1) is 8.90. The van der Waals surface area contributed by atoms with Crippen LogP contribution in [0.15, 0.2) is 24.3 Å². The van der Waals surface area contributed by atoms with Gasteiger partial charge in [0.05, 0.1) is 11.6 Å². The van der Waals surface area contributed by atoms with Gasteiger partial charge < -0.3 is 10.2 Å². The summed E-state index contributed by atoms with van der Waals surface area (Å²) in [6.07, 6.45) is 3.92. The summed E-state index contributed by atoms with van der Waals surface area (Å²) in [5, 5.41) is 12.4. The SMILES string of the molecule is N#Cc1ccccc1CNCCCN1CCCC1. The van der Waals surface area contributed by atoms with Gasteiger partial charge in [-0.1, -0.05) is 18.2 Å². The summed E-state index contributed by atoms with van der Waals surface area (Å²) in [6.45, 7) is 5.57. The Morgan fingerprint density at radius 3 is 2.78 bits per heavy atom. The highest BCUT2D eigenvalue weighted by molar-refractivity contribution is 5.37. The molecule has 0 bridgehead atoms. The fourth-order valence-corrected chi connectivity index (χ4v) is 2.44. The molecular formula is C15H21N3. The van der Waals surface area contributed by atoms with E-state index >= 15 is 0 Å². The van der Waals surface area contributed by atoms with Crippen LogP contribution in [0.25, 0.3) is 0 Å². The summed E-state index contributed by atoms with van der Waals surface area (Å²) in [7, 11) is 0. The first-order valence-electron chi connectivity index (χ1n) is 6.81. The highest BCUT2D eigenvalue weighted by Gasteiger charge is 2.09. The van der Waals surface area contributed by atoms with E-state index in [2.05, 4.69) is 16.3 Å². The zero-order valence-corrected chi connectivity index (χ0v) is 10.9. The average Bonchev–Trinajstić information content (AvgIpc) is 2.92. The minimum atomic E-state index is 0.782. The van der Waals surface area contributed by atoms with Crippen molar-refractivity contribution < 1.29 is 0 Å². The van der Waals surface area contributed by atoms with Crippen molar-refractivity contribution in [2.75, 3.05) is 26.2 Å². The molecule has 1 aliphatic heterocycles. The molecule has 0 aromatic heterocycles. The van der Waals surface area contributed by atoms with Crippen LogP contribution in [0.3, 0.4) is 0 Å². The van der Waals surface area contributed by atoms with Crippen LogP contribution >= 0.6 is 0 Å². The summed E-state index contributed by atoms with van der Waals surface area (Å²) >= 11 is 0. The van der Waals surface area contributed by atoms with E-state index in [-0.39, 0.29) is 0 Å². The van der Waals surface area contributed by atoms with E-state index in [1.54, 1.807) is 0 Å². The van der Waals surface area contributed by atoms with Crippen LogP contribution in [0.1, 0.15) is 30.4 Å². The second-order valence-electron chi connectivity index (χ2n) is 4.85. The van der Waals surface area contributed by atoms with Gasteiger partial charge in [0.2, 0.25) is 0 Å². The van der Waals surface area contributed by atoms with E-state index in [1.165, 1.54) is 38.9 Å². The van der Waals surface area contributed by atoms with Gasteiger partial charge >= 0.3 is 0 Å². The predicted octanol–water partition coefficient (Wildman–Crippen LogP) is 2.13. The van der Waals surface area contributed by atoms with Crippen LogP contribution in [0.2, 0.25) is 0 Å². The third-order valence-corrected chi connectivity index (χ3v) is 3.48. The second kappa shape index (κ2) is 7.15. The van der Waals surface area contributed by atoms with Gasteiger partial charge in [0, 0.05) is 6.54 Å². The van der Waals surface area contributed by atoms with Crippen LogP contribution < -0.4 is 5.32 Å². The highest BCUT2D eigenvalue weighted by atomic mass is 15.1. The third-order valence-electron chi connectivity index (χ3n) is 3.48. The van der Waals surface area contributed by atoms with E-state index in [4.69, 9.17) is 5.26 Å². The molecule has 0 amide bonds. The fourth-order valence-electron chi connectivity index (χ4n) is 2.44. The molecule has 0 atom stereocenters. The van der Waals surface area contributed by atoms with Crippen molar-refractivity contribution in [1.82, 2.24) is 10.2 Å². The Morgan fingerprint density at radius 1 is 1.22 bits per heavy atom. The molecule has 1 aromatic rings. The summed E-state index contributed by atoms with van der Waals surface area (Å²) in [4.78, 5) is 2.53. The van der Waals surface area contributed by atoms with Gasteiger partial charge in [-0.25, -0.2) is 0 Å². The van der Waals surface area contributed by atoms with E-state index in [9.17, 15) is 0 Å². The quantitative estimate of drug-likeness (QED) is 0.778. The lowest BCUT2D eigenvalue weighted by molar-refractivity contribution is 0.331. The van der Waals surface area contributed by atoms with Crippen LogP contribution in [0.5, 0.6) is 0 Å². The molecule has 0 saturated carbocycles. The van der Waals surface area contributed by atoms with Gasteiger partial charge in [-0.05, 0) is 57.1 Å². The maximum absolute atomic E-state index is 8.98. The summed E-state index contributed by atoms with van der Waals surface area (Å²) in [5.41, 5.74) is 1.88. The second-order valence-corrected chi connectivity index (χ2v) is 4.85. The molecule has 0 unspecified atom stereocenters. The minimum absolute atomic E-state index is 0.782. The van der Waals surface area contributed by atoms with Gasteiger partial charge in [-0.2, -0.15) is 5.26 Å². The molecule has 96 valence electrons. The standard InChI is InChI=1S/C15H21N3/c16-12-14-6-1-2-7-15(14)13-17-8-5-11-18-9-3-4-10-18/h1-2,6-7,17H,3-5,8-11,13H2. The van der Waals surface area contributed by atoms with Crippen LogP contribution in [0, 0.1) is 11.3 Å². The van der Waals surface area contributed by atoms with Crippen molar-refractivity contribution in [1.29, 1.82) is 5.26 Å². The fraction of sp³-hybridized carbons (Fsp3) is 0.533. The predicted molar refractivity (Wildman–Crippen MR) is 73.2 cm³/mol. The topological polar surface area (TPSA) is 39.1 Å². The zero-order valence-electron chi connectivity index (χ0n) is 10.9. The molecule has 1 fully saturated rings. The largest absolute Gasteiger partial charge is 0.313 e. The van der Waals surface area contributed by atoms with E-state index in [0.29, 0.717) is 0 Å². The molecule has 0 aliphatic carbocycles. The van der Waals surface area contributed by atoms with Gasteiger partial charge in [-0.3, -0.25) is 0 Å². The summed E-state index contributed by atoms with van der Waals surface area (Å²) in [6, 6.07) is 10.0. The third kappa shape index (κ3) is 3.83. The minimum Gasteiger partial charge on any atom is -0.313 e. The number of rotatable bonds is 6. The normalized spacial score (nSPS) is 15.7. The molecule has 0 radical (unpaired) electrons. The molecular weight excluding hydrogens is 222 g/mol. The molecule has 3 heteroatoms. The number of hydrogen-bond donors (Lipinski definition) is 1. The van der Waals surface area contributed by atoms with Crippen molar-refractivity contribution in [3.8, 4) is 6.07 Å². The molecule has 1 aliphatic rings. The smallest absolute Gasteiger partial charge is 0.0995 e. The van der Waals surface area contributed by atoms with Gasteiger partial charge in [0.15, 0.2) is 0 Å². The Hall–Kier alpha value is -1.37. The zero-order chi connectivity index (χ0) is 12.6. The number of likely N-dealkylation sites (tertiary alicyclic amines) is 1. The van der Waals surface area contributed by atoms with Crippen LogP contribution in [0.4, 0.5) is 0 Å². The van der Waals surface area contributed by atoms with Gasteiger partial charge in [0.25, 0.3) is 0 Å². The number of nitriles is 1. The Bertz CT molecular complexity index is 402. The average molecular weight is 243 g/mol. The maximum atomic E-state index is 8.98. The van der Waals surface area contributed by atoms with Crippen LogP contribution in [-0.4, -0.2) is 31.1 Å². The van der Waals surface area contributed by atoms with E-state index < -0.39 is 0 Å². The molecule has 1 N–H and O–H groups in total. The van der Waals surface area contributed by atoms with Gasteiger partial charge in [0.1, 0.15) is 0 Å². The van der Waals surface area contributed by atoms with Crippen molar-refractivity contribution in [3.05, 3.63) is 35.4 Å². The molecule has 0 spiro atoms. The van der Waals surface area contributed by atoms with Gasteiger partial charge in [-0.15, -0.1) is 0 Å². The first kappa shape index (κ1) is 13.1. The number of nitrogens with zero attached hydrogens (tertiary/aromatic N) is 2. The highest BCUT2D eigenvalue weighted by Crippen LogP contribution is 2.08. The lowest BCUT2D eigenvalue weighted by Gasteiger charge is -2.14. The lowest BCUT2D eigenvalue weighted by Crippen LogP contribution is -2.24. The Kier molecular flexibility index (Phi) is 5.19. The summed E-state index contributed by atoms with van der Waals surface area (Å²) in [5.74, 6) is 0. The molecule has 1 heterocycles. The van der Waals surface area contributed by atoms with Crippen LogP contribution in [-0.2, 0) is 6.54 Å². The molecule has 2 rings (SSSR count). The van der Waals surface area contributed by atoms with Crippen molar-refractivity contribution >= 4 is 0 Å². The number of benzene rings is 1. The molecule has 3 nitrogen and oxygen atoms in total. The van der Waals surface area contributed by atoms with Crippen molar-refractivity contribution in [2.24, 2.45) is 0 Å². The Labute approximate surface area is 109 Å². The number of nitrogens with one attached hydrogen (secondary N) is 1.